The summed E-state index contributed by atoms with van der Waals surface area (Å²) in [5.41, 5.74) is 3.93. The molecule has 10 heteroatoms. The molecule has 0 radical (unpaired) electrons. The molecule has 1 aromatic carbocycles. The van der Waals surface area contributed by atoms with E-state index in [1.54, 1.807) is 56.7 Å². The number of fused-ring (bicyclic) bond motifs is 1. The van der Waals surface area contributed by atoms with Crippen molar-refractivity contribution < 1.29 is 19.3 Å². The van der Waals surface area contributed by atoms with Crippen molar-refractivity contribution in [3.63, 3.8) is 0 Å². The minimum Gasteiger partial charge on any atom is -0.480 e. The highest BCUT2D eigenvalue weighted by molar-refractivity contribution is 7.92. The van der Waals surface area contributed by atoms with Crippen LogP contribution in [-0.4, -0.2) is 52.8 Å². The van der Waals surface area contributed by atoms with Gasteiger partial charge in [-0.25, -0.2) is 23.4 Å². The Kier molecular flexibility index (Phi) is 5.32. The summed E-state index contributed by atoms with van der Waals surface area (Å²) in [5.74, 6) is 0.350. The fourth-order valence-corrected chi connectivity index (χ4v) is 4.17. The molecule has 162 valence electrons. The second-order valence-electron chi connectivity index (χ2n) is 7.05. The van der Waals surface area contributed by atoms with Gasteiger partial charge >= 0.3 is 6.01 Å². The van der Waals surface area contributed by atoms with Crippen LogP contribution in [-0.2, 0) is 9.84 Å². The van der Waals surface area contributed by atoms with Crippen molar-refractivity contribution >= 4 is 21.0 Å². The molecule has 3 aromatic heterocycles. The van der Waals surface area contributed by atoms with E-state index in [-0.39, 0.29) is 12.3 Å². The topological polar surface area (TPSA) is 120 Å². The third-order valence-corrected chi connectivity index (χ3v) is 7.05. The van der Waals surface area contributed by atoms with Crippen molar-refractivity contribution in [3.05, 3.63) is 42.9 Å². The highest BCUT2D eigenvalue weighted by atomic mass is 32.2. The lowest BCUT2D eigenvalue weighted by molar-refractivity contribution is 0.353. The third-order valence-electron chi connectivity index (χ3n) is 4.88. The minimum absolute atomic E-state index is 0. The van der Waals surface area contributed by atoms with Crippen LogP contribution < -0.4 is 9.47 Å². The van der Waals surface area contributed by atoms with E-state index in [1.165, 1.54) is 14.2 Å². The summed E-state index contributed by atoms with van der Waals surface area (Å²) in [4.78, 5) is 21.0. The summed E-state index contributed by atoms with van der Waals surface area (Å²) in [6.07, 6.45) is 5.00. The lowest BCUT2D eigenvalue weighted by Crippen LogP contribution is -2.13. The molecule has 0 unspecified atom stereocenters. The molecule has 9 nitrogen and oxygen atoms in total. The normalized spacial score (nSPS) is 11.8. The third kappa shape index (κ3) is 3.70. The first-order chi connectivity index (χ1) is 14.8. The van der Waals surface area contributed by atoms with Crippen molar-refractivity contribution in [2.75, 3.05) is 14.2 Å². The molecule has 0 aliphatic carbocycles. The minimum atomic E-state index is -3.34. The second kappa shape index (κ2) is 7.95. The van der Waals surface area contributed by atoms with E-state index in [9.17, 15) is 8.42 Å². The van der Waals surface area contributed by atoms with Crippen molar-refractivity contribution in [2.45, 2.75) is 24.0 Å². The largest absolute Gasteiger partial charge is 0.480 e. The molecule has 31 heavy (non-hydrogen) atoms. The number of nitrogens with one attached hydrogen (secondary N) is 1. The molecule has 3 heterocycles. The first-order valence-corrected chi connectivity index (χ1v) is 11.0. The van der Waals surface area contributed by atoms with Crippen molar-refractivity contribution in [1.29, 1.82) is 0 Å². The van der Waals surface area contributed by atoms with Gasteiger partial charge in [0.05, 0.1) is 41.8 Å². The lowest BCUT2D eigenvalue weighted by atomic mass is 10.1. The Balaban J connectivity index is 0.00000289. The van der Waals surface area contributed by atoms with Gasteiger partial charge in [-0.1, -0.05) is 12.1 Å². The van der Waals surface area contributed by atoms with Gasteiger partial charge in [0.15, 0.2) is 15.5 Å². The van der Waals surface area contributed by atoms with E-state index in [1.807, 2.05) is 0 Å². The number of H-pyrrole nitrogens is 1. The summed E-state index contributed by atoms with van der Waals surface area (Å²) < 4.78 is 35.2. The second-order valence-corrected chi connectivity index (χ2v) is 9.56. The average molecular weight is 442 g/mol. The Bertz CT molecular complexity index is 1350. The Hall–Kier alpha value is -3.53. The van der Waals surface area contributed by atoms with Crippen molar-refractivity contribution in [2.24, 2.45) is 0 Å². The zero-order valence-corrected chi connectivity index (χ0v) is 18.3. The summed E-state index contributed by atoms with van der Waals surface area (Å²) in [6, 6.07) is 6.84. The first-order valence-electron chi connectivity index (χ1n) is 9.49. The van der Waals surface area contributed by atoms with Gasteiger partial charge in [0.1, 0.15) is 5.52 Å². The molecule has 1 N–H and O–H groups in total. The molecular weight excluding hydrogens is 418 g/mol. The van der Waals surface area contributed by atoms with E-state index in [0.29, 0.717) is 28.3 Å². The van der Waals surface area contributed by atoms with Crippen LogP contribution in [0.1, 0.15) is 15.3 Å². The Morgan fingerprint density at radius 3 is 2.35 bits per heavy atom. The van der Waals surface area contributed by atoms with Gasteiger partial charge in [-0.2, -0.15) is 4.98 Å². The van der Waals surface area contributed by atoms with E-state index in [0.717, 1.165) is 11.1 Å². The van der Waals surface area contributed by atoms with Crippen LogP contribution in [0.25, 0.3) is 33.5 Å². The molecule has 4 aromatic rings. The van der Waals surface area contributed by atoms with Gasteiger partial charge in [0.2, 0.25) is 5.88 Å². The van der Waals surface area contributed by atoms with Crippen molar-refractivity contribution in [1.82, 2.24) is 24.9 Å². The van der Waals surface area contributed by atoms with Gasteiger partial charge in [-0.3, -0.25) is 0 Å². The van der Waals surface area contributed by atoms with Crippen LogP contribution in [0.15, 0.2) is 47.8 Å². The summed E-state index contributed by atoms with van der Waals surface area (Å²) in [6.45, 7) is 3.32. The molecule has 0 spiro atoms. The zero-order valence-electron chi connectivity index (χ0n) is 17.4. The highest BCUT2D eigenvalue weighted by Crippen LogP contribution is 2.34. The van der Waals surface area contributed by atoms with Crippen LogP contribution in [0.4, 0.5) is 0 Å². The highest BCUT2D eigenvalue weighted by Gasteiger charge is 2.20. The monoisotopic (exact) mass is 441 g/mol. The molecule has 0 bridgehead atoms. The van der Waals surface area contributed by atoms with E-state index in [4.69, 9.17) is 14.5 Å². The van der Waals surface area contributed by atoms with Gasteiger partial charge in [-0.05, 0) is 26.0 Å². The molecule has 0 saturated carbocycles. The standard InChI is InChI=1S/C21H21N5O4S.H2/c1-12(2)31(27,28)14-7-5-13(6-8-14)17-11-23-19-18(25-17)15(9-22-19)16-10-24-21(30-4)26-20(16)29-3;/h5-12H,1-4H3,(H,22,23);1H. The summed E-state index contributed by atoms with van der Waals surface area (Å²) in [5, 5.41) is -0.487. The number of aromatic nitrogens is 5. The predicted octanol–water partition coefficient (Wildman–Crippen LogP) is 3.53. The number of sulfone groups is 1. The van der Waals surface area contributed by atoms with Gasteiger partial charge < -0.3 is 14.5 Å². The maximum atomic E-state index is 12.4. The molecule has 0 atom stereocenters. The maximum absolute atomic E-state index is 12.4. The lowest BCUT2D eigenvalue weighted by Gasteiger charge is -2.09. The number of hydrogen-bond donors (Lipinski definition) is 1. The number of methoxy groups -OCH3 is 2. The Morgan fingerprint density at radius 1 is 0.968 bits per heavy atom. The fraction of sp³-hybridized carbons (Fsp3) is 0.238. The number of ether oxygens (including phenoxy) is 2. The average Bonchev–Trinajstić information content (AvgIpc) is 3.21. The molecular formula is C21H23N5O4S. The molecule has 0 aliphatic heterocycles. The molecule has 0 aliphatic rings. The van der Waals surface area contributed by atoms with Crippen LogP contribution >= 0.6 is 0 Å². The van der Waals surface area contributed by atoms with Gasteiger partial charge in [0.25, 0.3) is 0 Å². The predicted molar refractivity (Wildman–Crippen MR) is 118 cm³/mol. The van der Waals surface area contributed by atoms with Crippen LogP contribution in [0.3, 0.4) is 0 Å². The SMILES string of the molecule is COc1ncc(-c2c[nH]c3ncc(-c4ccc(S(=O)(=O)C(C)C)cc4)nc23)c(OC)n1.[HH]. The summed E-state index contributed by atoms with van der Waals surface area (Å²) in [7, 11) is -0.337. The molecule has 0 saturated heterocycles. The molecule has 4 rings (SSSR count). The number of nitrogens with zero attached hydrogens (tertiary/aromatic N) is 4. The summed E-state index contributed by atoms with van der Waals surface area (Å²) >= 11 is 0. The van der Waals surface area contributed by atoms with Crippen LogP contribution in [0, 0.1) is 0 Å². The number of rotatable bonds is 6. The number of benzene rings is 1. The van der Waals surface area contributed by atoms with Crippen LogP contribution in [0.5, 0.6) is 11.9 Å². The maximum Gasteiger partial charge on any atom is 0.319 e. The number of aromatic amines is 1. The van der Waals surface area contributed by atoms with Gasteiger partial charge in [0, 0.05) is 24.9 Å². The zero-order chi connectivity index (χ0) is 22.2. The smallest absolute Gasteiger partial charge is 0.319 e. The molecule has 0 amide bonds. The quantitative estimate of drug-likeness (QED) is 0.482. The van der Waals surface area contributed by atoms with Gasteiger partial charge in [-0.15, -0.1) is 0 Å². The van der Waals surface area contributed by atoms with E-state index >= 15 is 0 Å². The van der Waals surface area contributed by atoms with Crippen LogP contribution in [0.2, 0.25) is 0 Å². The number of hydrogen-bond acceptors (Lipinski definition) is 8. The fourth-order valence-electron chi connectivity index (χ4n) is 3.11. The van der Waals surface area contributed by atoms with E-state index in [2.05, 4.69) is 19.9 Å². The molecule has 0 fully saturated rings. The first kappa shape index (κ1) is 20.7. The Labute approximate surface area is 180 Å². The van der Waals surface area contributed by atoms with E-state index < -0.39 is 15.1 Å². The van der Waals surface area contributed by atoms with Crippen molar-refractivity contribution in [3.8, 4) is 34.3 Å². The Morgan fingerprint density at radius 2 is 1.71 bits per heavy atom.